The third kappa shape index (κ3) is 1.47. The van der Waals surface area contributed by atoms with Crippen LogP contribution in [0.3, 0.4) is 0 Å². The Labute approximate surface area is 97.0 Å². The number of ketones is 2. The first-order chi connectivity index (χ1) is 7.97. The smallest absolute Gasteiger partial charge is 0.236 e. The number of rotatable bonds is 1. The summed E-state index contributed by atoms with van der Waals surface area (Å²) in [5.74, 6) is -2.88. The van der Waals surface area contributed by atoms with E-state index in [0.29, 0.717) is 5.56 Å². The Hall–Kier alpha value is -2.30. The zero-order valence-electron chi connectivity index (χ0n) is 9.27. The first-order valence-corrected chi connectivity index (χ1v) is 4.87. The number of benzene rings is 1. The van der Waals surface area contributed by atoms with Crippen molar-refractivity contribution < 1.29 is 24.5 Å². The summed E-state index contributed by atoms with van der Waals surface area (Å²) in [6, 6.07) is 2.82. The standard InChI is InChI=1S/C12H10O5/c1-5-3-6-8(7(13)4-5)10(15)12(17-2)11(16)9(6)14/h3-4,13,16H,1-2H3. The van der Waals surface area contributed by atoms with Gasteiger partial charge in [-0.25, -0.2) is 0 Å². The van der Waals surface area contributed by atoms with E-state index in [4.69, 9.17) is 0 Å². The van der Waals surface area contributed by atoms with Crippen molar-refractivity contribution in [2.24, 2.45) is 0 Å². The van der Waals surface area contributed by atoms with Crippen molar-refractivity contribution in [2.75, 3.05) is 7.11 Å². The SMILES string of the molecule is COC1=C(O)C(=O)c2cc(C)cc(O)c2C1=O. The molecule has 0 bridgehead atoms. The number of aliphatic hydroxyl groups is 1. The first kappa shape index (κ1) is 11.2. The topological polar surface area (TPSA) is 83.8 Å². The molecular weight excluding hydrogens is 224 g/mol. The minimum Gasteiger partial charge on any atom is -0.507 e. The predicted octanol–water partition coefficient (Wildman–Crippen LogP) is 1.50. The van der Waals surface area contributed by atoms with Crippen molar-refractivity contribution >= 4 is 11.6 Å². The highest BCUT2D eigenvalue weighted by Crippen LogP contribution is 2.32. The van der Waals surface area contributed by atoms with Gasteiger partial charge in [0.05, 0.1) is 12.7 Å². The molecule has 1 aliphatic rings. The molecule has 1 aromatic carbocycles. The number of hydrogen-bond donors (Lipinski definition) is 2. The largest absolute Gasteiger partial charge is 0.507 e. The van der Waals surface area contributed by atoms with Gasteiger partial charge < -0.3 is 14.9 Å². The van der Waals surface area contributed by atoms with Crippen molar-refractivity contribution in [3.8, 4) is 5.75 Å². The number of methoxy groups -OCH3 is 1. The quantitative estimate of drug-likeness (QED) is 0.769. The number of aromatic hydroxyl groups is 1. The summed E-state index contributed by atoms with van der Waals surface area (Å²) in [5.41, 5.74) is 0.483. The lowest BCUT2D eigenvalue weighted by Crippen LogP contribution is -2.23. The predicted molar refractivity (Wildman–Crippen MR) is 58.2 cm³/mol. The molecule has 1 aliphatic carbocycles. The number of ether oxygens (including phenoxy) is 1. The molecule has 0 aromatic heterocycles. The van der Waals surface area contributed by atoms with Gasteiger partial charge in [-0.1, -0.05) is 0 Å². The lowest BCUT2D eigenvalue weighted by atomic mass is 9.90. The van der Waals surface area contributed by atoms with Gasteiger partial charge >= 0.3 is 0 Å². The van der Waals surface area contributed by atoms with Crippen LogP contribution in [0, 0.1) is 6.92 Å². The maximum absolute atomic E-state index is 11.9. The third-order valence-electron chi connectivity index (χ3n) is 2.57. The average Bonchev–Trinajstić information content (AvgIpc) is 2.25. The number of carbonyl (C=O) groups is 2. The number of aliphatic hydroxyl groups excluding tert-OH is 1. The van der Waals surface area contributed by atoms with E-state index >= 15 is 0 Å². The number of hydrogen-bond acceptors (Lipinski definition) is 5. The Balaban J connectivity index is 2.77. The van der Waals surface area contributed by atoms with Gasteiger partial charge in [-0.2, -0.15) is 0 Å². The molecule has 2 N–H and O–H groups in total. The van der Waals surface area contributed by atoms with Gasteiger partial charge in [0, 0.05) is 5.56 Å². The Morgan fingerprint density at radius 2 is 1.76 bits per heavy atom. The van der Waals surface area contributed by atoms with Gasteiger partial charge in [-0.3, -0.25) is 9.59 Å². The summed E-state index contributed by atoms with van der Waals surface area (Å²) in [6.45, 7) is 1.67. The normalized spacial score (nSPS) is 14.9. The van der Waals surface area contributed by atoms with Gasteiger partial charge in [-0.15, -0.1) is 0 Å². The summed E-state index contributed by atoms with van der Waals surface area (Å²) in [4.78, 5) is 23.7. The maximum Gasteiger partial charge on any atom is 0.236 e. The lowest BCUT2D eigenvalue weighted by Gasteiger charge is -2.17. The van der Waals surface area contributed by atoms with Crippen molar-refractivity contribution in [1.82, 2.24) is 0 Å². The van der Waals surface area contributed by atoms with E-state index < -0.39 is 23.1 Å². The maximum atomic E-state index is 11.9. The Kier molecular flexibility index (Phi) is 2.38. The van der Waals surface area contributed by atoms with Crippen LogP contribution < -0.4 is 0 Å². The molecule has 0 spiro atoms. The minimum absolute atomic E-state index is 0.00852. The van der Waals surface area contributed by atoms with E-state index in [9.17, 15) is 19.8 Å². The molecule has 0 radical (unpaired) electrons. The number of fused-ring (bicyclic) bond motifs is 1. The van der Waals surface area contributed by atoms with E-state index in [2.05, 4.69) is 4.74 Å². The minimum atomic E-state index is -0.727. The van der Waals surface area contributed by atoms with Crippen LogP contribution in [0.4, 0.5) is 0 Å². The number of aryl methyl sites for hydroxylation is 1. The summed E-state index contributed by atoms with van der Waals surface area (Å²) in [6.07, 6.45) is 0. The fraction of sp³-hybridized carbons (Fsp3) is 0.167. The van der Waals surface area contributed by atoms with Crippen LogP contribution >= 0.6 is 0 Å². The van der Waals surface area contributed by atoms with Crippen LogP contribution in [-0.4, -0.2) is 28.9 Å². The summed E-state index contributed by atoms with van der Waals surface area (Å²) in [7, 11) is 1.17. The summed E-state index contributed by atoms with van der Waals surface area (Å²) in [5, 5.41) is 19.2. The molecule has 88 valence electrons. The van der Waals surface area contributed by atoms with Gasteiger partial charge in [0.1, 0.15) is 5.75 Å². The second kappa shape index (κ2) is 3.62. The molecule has 0 saturated heterocycles. The fourth-order valence-electron chi connectivity index (χ4n) is 1.83. The zero-order chi connectivity index (χ0) is 12.7. The highest BCUT2D eigenvalue weighted by molar-refractivity contribution is 6.26. The molecule has 0 amide bonds. The summed E-state index contributed by atoms with van der Waals surface area (Å²) < 4.78 is 4.68. The Bertz CT molecular complexity index is 569. The second-order valence-corrected chi connectivity index (χ2v) is 3.75. The third-order valence-corrected chi connectivity index (χ3v) is 2.57. The summed E-state index contributed by atoms with van der Waals surface area (Å²) >= 11 is 0. The molecular formula is C12H10O5. The van der Waals surface area contributed by atoms with E-state index in [1.54, 1.807) is 6.92 Å². The van der Waals surface area contributed by atoms with Crippen LogP contribution in [-0.2, 0) is 4.74 Å². The van der Waals surface area contributed by atoms with E-state index in [1.807, 2.05) is 0 Å². The fourth-order valence-corrected chi connectivity index (χ4v) is 1.83. The molecule has 0 saturated carbocycles. The van der Waals surface area contributed by atoms with E-state index in [0.717, 1.165) is 0 Å². The molecule has 17 heavy (non-hydrogen) atoms. The number of allylic oxidation sites excluding steroid dienone is 2. The van der Waals surface area contributed by atoms with Crippen molar-refractivity contribution in [3.63, 3.8) is 0 Å². The molecule has 0 aliphatic heterocycles. The second-order valence-electron chi connectivity index (χ2n) is 3.75. The van der Waals surface area contributed by atoms with Gasteiger partial charge in [0.25, 0.3) is 0 Å². The van der Waals surface area contributed by atoms with Crippen LogP contribution in [0.2, 0.25) is 0 Å². The number of Topliss-reactive ketones (excluding diaryl/α,β-unsaturated/α-hetero) is 2. The number of carbonyl (C=O) groups excluding carboxylic acids is 2. The molecule has 0 fully saturated rings. The molecule has 0 atom stereocenters. The van der Waals surface area contributed by atoms with E-state index in [-0.39, 0.29) is 16.9 Å². The van der Waals surface area contributed by atoms with Gasteiger partial charge in [-0.05, 0) is 24.6 Å². The van der Waals surface area contributed by atoms with Crippen LogP contribution in [0.15, 0.2) is 23.7 Å². The van der Waals surface area contributed by atoms with Crippen molar-refractivity contribution in [3.05, 3.63) is 40.3 Å². The average molecular weight is 234 g/mol. The highest BCUT2D eigenvalue weighted by atomic mass is 16.5. The Morgan fingerprint density at radius 3 is 2.35 bits per heavy atom. The number of phenols is 1. The van der Waals surface area contributed by atoms with E-state index in [1.165, 1.54) is 19.2 Å². The monoisotopic (exact) mass is 234 g/mol. The zero-order valence-corrected chi connectivity index (χ0v) is 9.27. The molecule has 2 rings (SSSR count). The molecule has 5 heteroatoms. The van der Waals surface area contributed by atoms with Crippen molar-refractivity contribution in [2.45, 2.75) is 6.92 Å². The lowest BCUT2D eigenvalue weighted by molar-refractivity contribution is 0.0853. The number of phenolic OH excluding ortho intramolecular Hbond substituents is 1. The molecule has 0 heterocycles. The van der Waals surface area contributed by atoms with Gasteiger partial charge in [0.15, 0.2) is 0 Å². The molecule has 1 aromatic rings. The highest BCUT2D eigenvalue weighted by Gasteiger charge is 2.35. The molecule has 0 unspecified atom stereocenters. The van der Waals surface area contributed by atoms with Crippen LogP contribution in [0.1, 0.15) is 26.3 Å². The van der Waals surface area contributed by atoms with Crippen LogP contribution in [0.5, 0.6) is 5.75 Å². The van der Waals surface area contributed by atoms with Gasteiger partial charge in [0.2, 0.25) is 23.1 Å². The first-order valence-electron chi connectivity index (χ1n) is 4.87. The van der Waals surface area contributed by atoms with Crippen molar-refractivity contribution in [1.29, 1.82) is 0 Å². The van der Waals surface area contributed by atoms with Crippen LogP contribution in [0.25, 0.3) is 0 Å². The molecule has 5 nitrogen and oxygen atoms in total. The Morgan fingerprint density at radius 1 is 1.12 bits per heavy atom.